The summed E-state index contributed by atoms with van der Waals surface area (Å²) in [5.41, 5.74) is 0. The number of halogens is 1. The number of carbonyl (C=O) groups excluding carboxylic acids is 2. The zero-order valence-corrected chi connectivity index (χ0v) is 14.7. The van der Waals surface area contributed by atoms with Crippen molar-refractivity contribution in [3.63, 3.8) is 0 Å². The number of fused-ring (bicyclic) bond motifs is 1. The third-order valence-corrected chi connectivity index (χ3v) is 5.54. The summed E-state index contributed by atoms with van der Waals surface area (Å²) in [6.45, 7) is 2.80. The van der Waals surface area contributed by atoms with Gasteiger partial charge in [0.05, 0.1) is 11.8 Å². The molecule has 0 aromatic carbocycles. The van der Waals surface area contributed by atoms with E-state index in [9.17, 15) is 9.59 Å². The molecule has 120 valence electrons. The smallest absolute Gasteiger partial charge is 0.233 e. The van der Waals surface area contributed by atoms with Crippen LogP contribution in [0.2, 0.25) is 0 Å². The largest absolute Gasteiger partial charge is 0.282 e. The summed E-state index contributed by atoms with van der Waals surface area (Å²) in [5.74, 6) is 0.793. The summed E-state index contributed by atoms with van der Waals surface area (Å²) >= 11 is 3.45. The minimum atomic E-state index is 0.0109. The van der Waals surface area contributed by atoms with Gasteiger partial charge < -0.3 is 0 Å². The Balaban J connectivity index is 1.61. The predicted molar refractivity (Wildman–Crippen MR) is 88.2 cm³/mol. The highest BCUT2D eigenvalue weighted by atomic mass is 79.9. The molecule has 1 saturated heterocycles. The number of hydrogen-bond donors (Lipinski definition) is 0. The standard InChI is InChI=1S/C17H28BrNO2/c1-13-11-14-15(12-13)17(21)19(16(14)20)10-8-6-4-2-3-5-7-9-18/h13-15H,2-12H2,1H3. The second kappa shape index (κ2) is 8.30. The number of nitrogens with zero attached hydrogens (tertiary/aromatic N) is 1. The number of imide groups is 1. The second-order valence-corrected chi connectivity index (χ2v) is 7.57. The molecule has 1 aliphatic heterocycles. The van der Waals surface area contributed by atoms with Crippen LogP contribution in [0, 0.1) is 17.8 Å². The molecule has 0 bridgehead atoms. The van der Waals surface area contributed by atoms with E-state index in [1.54, 1.807) is 4.90 Å². The van der Waals surface area contributed by atoms with Crippen LogP contribution in [0.3, 0.4) is 0 Å². The molecule has 2 atom stereocenters. The maximum atomic E-state index is 12.3. The van der Waals surface area contributed by atoms with Gasteiger partial charge in [0.1, 0.15) is 0 Å². The molecule has 2 rings (SSSR count). The Morgan fingerprint density at radius 2 is 1.38 bits per heavy atom. The Morgan fingerprint density at radius 1 is 0.905 bits per heavy atom. The first kappa shape index (κ1) is 17.0. The van der Waals surface area contributed by atoms with Crippen LogP contribution in [0.15, 0.2) is 0 Å². The first-order valence-corrected chi connectivity index (χ1v) is 9.68. The number of hydrogen-bond acceptors (Lipinski definition) is 2. The van der Waals surface area contributed by atoms with Crippen molar-refractivity contribution in [1.82, 2.24) is 4.90 Å². The quantitative estimate of drug-likeness (QED) is 0.353. The van der Waals surface area contributed by atoms with Crippen LogP contribution in [-0.4, -0.2) is 28.6 Å². The minimum absolute atomic E-state index is 0.0109. The van der Waals surface area contributed by atoms with Crippen molar-refractivity contribution in [3.05, 3.63) is 0 Å². The third-order valence-electron chi connectivity index (χ3n) is 4.98. The van der Waals surface area contributed by atoms with Crippen LogP contribution in [0.25, 0.3) is 0 Å². The van der Waals surface area contributed by atoms with E-state index in [-0.39, 0.29) is 23.7 Å². The molecule has 4 heteroatoms. The van der Waals surface area contributed by atoms with Crippen molar-refractivity contribution in [1.29, 1.82) is 0 Å². The van der Waals surface area contributed by atoms with Crippen molar-refractivity contribution < 1.29 is 9.59 Å². The molecule has 1 heterocycles. The third kappa shape index (κ3) is 4.30. The van der Waals surface area contributed by atoms with E-state index in [1.165, 1.54) is 32.1 Å². The van der Waals surface area contributed by atoms with Crippen molar-refractivity contribution in [3.8, 4) is 0 Å². The lowest BCUT2D eigenvalue weighted by Gasteiger charge is -2.16. The molecule has 0 spiro atoms. The van der Waals surface area contributed by atoms with E-state index in [0.717, 1.165) is 31.0 Å². The number of rotatable bonds is 9. The number of alkyl halides is 1. The molecule has 21 heavy (non-hydrogen) atoms. The van der Waals surface area contributed by atoms with Gasteiger partial charge in [-0.3, -0.25) is 14.5 Å². The minimum Gasteiger partial charge on any atom is -0.282 e. The molecule has 0 aromatic rings. The van der Waals surface area contributed by atoms with Crippen molar-refractivity contribution in [2.24, 2.45) is 17.8 Å². The molecule has 1 saturated carbocycles. The van der Waals surface area contributed by atoms with Gasteiger partial charge in [0.25, 0.3) is 0 Å². The first-order valence-electron chi connectivity index (χ1n) is 8.56. The fourth-order valence-corrected chi connectivity index (χ4v) is 4.21. The highest BCUT2D eigenvalue weighted by Crippen LogP contribution is 2.42. The molecule has 2 amide bonds. The Bertz CT molecular complexity index is 348. The van der Waals surface area contributed by atoms with Crippen molar-refractivity contribution in [2.75, 3.05) is 11.9 Å². The lowest BCUT2D eigenvalue weighted by molar-refractivity contribution is -0.140. The van der Waals surface area contributed by atoms with E-state index in [0.29, 0.717) is 12.5 Å². The van der Waals surface area contributed by atoms with E-state index >= 15 is 0 Å². The van der Waals surface area contributed by atoms with Gasteiger partial charge >= 0.3 is 0 Å². The van der Waals surface area contributed by atoms with Gasteiger partial charge in [-0.2, -0.15) is 0 Å². The summed E-state index contributed by atoms with van der Waals surface area (Å²) in [6.07, 6.45) is 10.3. The Labute approximate surface area is 137 Å². The second-order valence-electron chi connectivity index (χ2n) is 6.78. The Kier molecular flexibility index (Phi) is 6.72. The molecule has 0 aromatic heterocycles. The van der Waals surface area contributed by atoms with Crippen LogP contribution >= 0.6 is 15.9 Å². The number of carbonyl (C=O) groups is 2. The first-order chi connectivity index (χ1) is 10.1. The van der Waals surface area contributed by atoms with Crippen LogP contribution in [0.1, 0.15) is 64.7 Å². The molecule has 0 radical (unpaired) electrons. The fourth-order valence-electron chi connectivity index (χ4n) is 3.82. The van der Waals surface area contributed by atoms with Gasteiger partial charge in [0.2, 0.25) is 11.8 Å². The SMILES string of the molecule is CC1CC2C(=O)N(CCCCCCCCCBr)C(=O)C2C1. The molecule has 2 unspecified atom stereocenters. The van der Waals surface area contributed by atoms with E-state index in [2.05, 4.69) is 22.9 Å². The van der Waals surface area contributed by atoms with Crippen LogP contribution < -0.4 is 0 Å². The van der Waals surface area contributed by atoms with Crippen molar-refractivity contribution in [2.45, 2.75) is 64.7 Å². The summed E-state index contributed by atoms with van der Waals surface area (Å²) < 4.78 is 0. The molecule has 2 fully saturated rings. The number of unbranched alkanes of at least 4 members (excludes halogenated alkanes) is 6. The predicted octanol–water partition coefficient (Wildman–Crippen LogP) is 4.14. The maximum absolute atomic E-state index is 12.3. The van der Waals surface area contributed by atoms with Crippen LogP contribution in [0.4, 0.5) is 0 Å². The van der Waals surface area contributed by atoms with Gasteiger partial charge in [-0.05, 0) is 31.6 Å². The zero-order chi connectivity index (χ0) is 15.2. The highest BCUT2D eigenvalue weighted by molar-refractivity contribution is 9.09. The molecular formula is C17H28BrNO2. The highest BCUT2D eigenvalue weighted by Gasteiger charge is 2.51. The Morgan fingerprint density at radius 3 is 1.90 bits per heavy atom. The normalized spacial score (nSPS) is 28.5. The Hall–Kier alpha value is -0.380. The summed E-state index contributed by atoms with van der Waals surface area (Å²) in [6, 6.07) is 0. The van der Waals surface area contributed by atoms with E-state index < -0.39 is 0 Å². The lowest BCUT2D eigenvalue weighted by Crippen LogP contribution is -2.33. The van der Waals surface area contributed by atoms with Gasteiger partial charge in [0, 0.05) is 11.9 Å². The zero-order valence-electron chi connectivity index (χ0n) is 13.2. The number of likely N-dealkylation sites (tertiary alicyclic amines) is 1. The molecular weight excluding hydrogens is 330 g/mol. The molecule has 0 N–H and O–H groups in total. The van der Waals surface area contributed by atoms with E-state index in [1.807, 2.05) is 0 Å². The van der Waals surface area contributed by atoms with Gasteiger partial charge in [-0.1, -0.05) is 55.0 Å². The topological polar surface area (TPSA) is 37.4 Å². The molecule has 2 aliphatic rings. The summed E-state index contributed by atoms with van der Waals surface area (Å²) in [5, 5.41) is 1.10. The summed E-state index contributed by atoms with van der Waals surface area (Å²) in [7, 11) is 0. The maximum Gasteiger partial charge on any atom is 0.233 e. The van der Waals surface area contributed by atoms with Gasteiger partial charge in [-0.25, -0.2) is 0 Å². The van der Waals surface area contributed by atoms with Gasteiger partial charge in [0.15, 0.2) is 0 Å². The van der Waals surface area contributed by atoms with Gasteiger partial charge in [-0.15, -0.1) is 0 Å². The van der Waals surface area contributed by atoms with Crippen LogP contribution in [-0.2, 0) is 9.59 Å². The summed E-state index contributed by atoms with van der Waals surface area (Å²) in [4.78, 5) is 26.1. The monoisotopic (exact) mass is 357 g/mol. The average molecular weight is 358 g/mol. The van der Waals surface area contributed by atoms with Crippen molar-refractivity contribution >= 4 is 27.7 Å². The lowest BCUT2D eigenvalue weighted by atomic mass is 10.00. The molecule has 3 nitrogen and oxygen atoms in total. The van der Waals surface area contributed by atoms with E-state index in [4.69, 9.17) is 0 Å². The number of amides is 2. The van der Waals surface area contributed by atoms with Crippen LogP contribution in [0.5, 0.6) is 0 Å². The molecule has 1 aliphatic carbocycles. The fraction of sp³-hybridized carbons (Fsp3) is 0.882. The average Bonchev–Trinajstić information content (AvgIpc) is 2.94.